The second kappa shape index (κ2) is 7.58. The van der Waals surface area contributed by atoms with Crippen molar-refractivity contribution in [2.75, 3.05) is 13.1 Å². The van der Waals surface area contributed by atoms with Gasteiger partial charge in [0.1, 0.15) is 6.33 Å². The van der Waals surface area contributed by atoms with Gasteiger partial charge in [-0.05, 0) is 49.9 Å². The molecule has 2 fully saturated rings. The number of hydrogen-bond acceptors (Lipinski definition) is 4. The number of amides is 2. The van der Waals surface area contributed by atoms with E-state index in [4.69, 9.17) is 0 Å². The van der Waals surface area contributed by atoms with Crippen molar-refractivity contribution in [3.8, 4) is 11.4 Å². The van der Waals surface area contributed by atoms with Crippen LogP contribution in [0.1, 0.15) is 30.4 Å². The third-order valence-corrected chi connectivity index (χ3v) is 5.01. The molecule has 1 saturated carbocycles. The highest BCUT2D eigenvalue weighted by atomic mass is 19.4. The second-order valence-electron chi connectivity index (χ2n) is 7.50. The van der Waals surface area contributed by atoms with E-state index in [2.05, 4.69) is 10.1 Å². The Labute approximate surface area is 170 Å². The average Bonchev–Trinajstić information content (AvgIpc) is 3.23. The highest BCUT2D eigenvalue weighted by Gasteiger charge is 2.38. The van der Waals surface area contributed by atoms with E-state index in [1.807, 2.05) is 0 Å². The fourth-order valence-electron chi connectivity index (χ4n) is 3.39. The van der Waals surface area contributed by atoms with Gasteiger partial charge in [-0.3, -0.25) is 14.6 Å². The van der Waals surface area contributed by atoms with Gasteiger partial charge in [0.25, 0.3) is 5.91 Å². The van der Waals surface area contributed by atoms with Crippen molar-refractivity contribution in [2.45, 2.75) is 32.4 Å². The van der Waals surface area contributed by atoms with Gasteiger partial charge in [-0.1, -0.05) is 0 Å². The topological polar surface area (TPSA) is 71.3 Å². The summed E-state index contributed by atoms with van der Waals surface area (Å²) in [7, 11) is 0. The van der Waals surface area contributed by atoms with Crippen molar-refractivity contribution in [1.82, 2.24) is 24.8 Å². The maximum Gasteiger partial charge on any atom is 0.416 e. The molecular formula is C20H20F3N5O2. The molecule has 0 N–H and O–H groups in total. The SMILES string of the molecule is Cc1cc(-c2ncn(/C=C\C(=O)N3CCCN3C(=O)C3CC3)n2)cc(C(F)(F)F)c1. The van der Waals surface area contributed by atoms with Crippen molar-refractivity contribution >= 4 is 18.0 Å². The second-order valence-corrected chi connectivity index (χ2v) is 7.50. The van der Waals surface area contributed by atoms with Gasteiger partial charge < -0.3 is 0 Å². The fraction of sp³-hybridized carbons (Fsp3) is 0.400. The van der Waals surface area contributed by atoms with Gasteiger partial charge in [-0.25, -0.2) is 14.7 Å². The first kappa shape index (κ1) is 20.1. The van der Waals surface area contributed by atoms with Crippen LogP contribution in [0, 0.1) is 12.8 Å². The molecule has 30 heavy (non-hydrogen) atoms. The van der Waals surface area contributed by atoms with Crippen molar-refractivity contribution < 1.29 is 22.8 Å². The number of aromatic nitrogens is 3. The van der Waals surface area contributed by atoms with E-state index in [0.29, 0.717) is 18.7 Å². The molecule has 0 atom stereocenters. The molecule has 1 aromatic carbocycles. The Bertz CT molecular complexity index is 1010. The predicted molar refractivity (Wildman–Crippen MR) is 101 cm³/mol. The fourth-order valence-corrected chi connectivity index (χ4v) is 3.39. The minimum Gasteiger partial charge on any atom is -0.273 e. The lowest BCUT2D eigenvalue weighted by Gasteiger charge is -2.26. The summed E-state index contributed by atoms with van der Waals surface area (Å²) < 4.78 is 40.4. The first-order chi connectivity index (χ1) is 14.2. The maximum atomic E-state index is 13.0. The highest BCUT2D eigenvalue weighted by Crippen LogP contribution is 2.33. The standard InChI is InChI=1S/C20H20F3N5O2/c1-13-9-15(11-16(10-13)20(21,22)23)18-24-12-26(25-18)8-5-17(29)27-6-2-7-28(27)19(30)14-3-4-14/h5,8-12,14H,2-4,6-7H2,1H3/b8-5-. The summed E-state index contributed by atoms with van der Waals surface area (Å²) >= 11 is 0. The van der Waals surface area contributed by atoms with Crippen LogP contribution in [0.4, 0.5) is 13.2 Å². The molecule has 0 unspecified atom stereocenters. The van der Waals surface area contributed by atoms with E-state index >= 15 is 0 Å². The van der Waals surface area contributed by atoms with E-state index in [1.165, 1.54) is 33.3 Å². The summed E-state index contributed by atoms with van der Waals surface area (Å²) in [6, 6.07) is 3.62. The lowest BCUT2D eigenvalue weighted by Crippen LogP contribution is -2.44. The summed E-state index contributed by atoms with van der Waals surface area (Å²) in [5, 5.41) is 7.06. The Morgan fingerprint density at radius 1 is 1.13 bits per heavy atom. The van der Waals surface area contributed by atoms with Gasteiger partial charge in [0.15, 0.2) is 5.82 Å². The number of alkyl halides is 3. The number of carbonyl (C=O) groups excluding carboxylic acids is 2. The molecule has 10 heteroatoms. The summed E-state index contributed by atoms with van der Waals surface area (Å²) in [5.41, 5.74) is -0.0908. The Kier molecular flexibility index (Phi) is 5.08. The molecule has 1 aliphatic heterocycles. The largest absolute Gasteiger partial charge is 0.416 e. The maximum absolute atomic E-state index is 13.0. The lowest BCUT2D eigenvalue weighted by atomic mass is 10.1. The van der Waals surface area contributed by atoms with Gasteiger partial charge in [-0.15, -0.1) is 5.10 Å². The highest BCUT2D eigenvalue weighted by molar-refractivity contribution is 5.92. The monoisotopic (exact) mass is 419 g/mol. The molecule has 0 spiro atoms. The number of carbonyl (C=O) groups is 2. The number of aryl methyl sites for hydroxylation is 1. The molecule has 0 radical (unpaired) electrons. The average molecular weight is 419 g/mol. The molecular weight excluding hydrogens is 399 g/mol. The molecule has 0 bridgehead atoms. The Hall–Kier alpha value is -3.17. The number of rotatable bonds is 4. The van der Waals surface area contributed by atoms with E-state index in [9.17, 15) is 22.8 Å². The van der Waals surface area contributed by atoms with Crippen molar-refractivity contribution in [1.29, 1.82) is 0 Å². The Morgan fingerprint density at radius 2 is 1.87 bits per heavy atom. The van der Waals surface area contributed by atoms with Gasteiger partial charge in [0, 0.05) is 36.8 Å². The van der Waals surface area contributed by atoms with Crippen LogP contribution in [0.2, 0.25) is 0 Å². The molecule has 2 amide bonds. The van der Waals surface area contributed by atoms with Crippen LogP contribution in [-0.4, -0.2) is 49.7 Å². The summed E-state index contributed by atoms with van der Waals surface area (Å²) in [6.45, 7) is 2.56. The van der Waals surface area contributed by atoms with Crippen LogP contribution < -0.4 is 0 Å². The van der Waals surface area contributed by atoms with Crippen molar-refractivity contribution in [3.63, 3.8) is 0 Å². The molecule has 158 valence electrons. The number of hydrazine groups is 1. The van der Waals surface area contributed by atoms with E-state index in [-0.39, 0.29) is 29.1 Å². The van der Waals surface area contributed by atoms with Crippen LogP contribution in [0.15, 0.2) is 30.6 Å². The molecule has 2 heterocycles. The zero-order valence-electron chi connectivity index (χ0n) is 16.3. The predicted octanol–water partition coefficient (Wildman–Crippen LogP) is 3.13. The van der Waals surface area contributed by atoms with Crippen molar-refractivity contribution in [3.05, 3.63) is 41.7 Å². The smallest absolute Gasteiger partial charge is 0.273 e. The van der Waals surface area contributed by atoms with Crippen LogP contribution in [0.25, 0.3) is 17.6 Å². The summed E-state index contributed by atoms with van der Waals surface area (Å²) in [6.07, 6.45) is 1.95. The quantitative estimate of drug-likeness (QED) is 0.714. The summed E-state index contributed by atoms with van der Waals surface area (Å²) in [5.74, 6) is -0.227. The lowest BCUT2D eigenvalue weighted by molar-refractivity contribution is -0.155. The zero-order chi connectivity index (χ0) is 21.5. The Balaban J connectivity index is 1.48. The normalized spacial score (nSPS) is 17.2. The zero-order valence-corrected chi connectivity index (χ0v) is 16.3. The number of nitrogens with zero attached hydrogens (tertiary/aromatic N) is 5. The minimum absolute atomic E-state index is 0.0165. The Morgan fingerprint density at radius 3 is 2.57 bits per heavy atom. The van der Waals surface area contributed by atoms with Crippen LogP contribution >= 0.6 is 0 Å². The first-order valence-electron chi connectivity index (χ1n) is 9.64. The van der Waals surface area contributed by atoms with Crippen LogP contribution in [0.3, 0.4) is 0 Å². The molecule has 1 saturated heterocycles. The number of benzene rings is 1. The molecule has 1 aliphatic carbocycles. The van der Waals surface area contributed by atoms with E-state index < -0.39 is 11.7 Å². The van der Waals surface area contributed by atoms with Crippen molar-refractivity contribution in [2.24, 2.45) is 5.92 Å². The van der Waals surface area contributed by atoms with E-state index in [1.54, 1.807) is 13.0 Å². The molecule has 2 aliphatic rings. The molecule has 1 aromatic heterocycles. The van der Waals surface area contributed by atoms with Gasteiger partial charge in [0.2, 0.25) is 5.91 Å². The van der Waals surface area contributed by atoms with Crippen LogP contribution in [-0.2, 0) is 15.8 Å². The molecule has 2 aromatic rings. The third kappa shape index (κ3) is 4.22. The molecule has 4 rings (SSSR count). The van der Waals surface area contributed by atoms with Gasteiger partial charge in [0.05, 0.1) is 5.56 Å². The number of halogens is 3. The molecule has 7 nitrogen and oxygen atoms in total. The minimum atomic E-state index is -4.46. The first-order valence-corrected chi connectivity index (χ1v) is 9.64. The van der Waals surface area contributed by atoms with Crippen LogP contribution in [0.5, 0.6) is 0 Å². The number of hydrogen-bond donors (Lipinski definition) is 0. The van der Waals surface area contributed by atoms with Gasteiger partial charge in [-0.2, -0.15) is 13.2 Å². The van der Waals surface area contributed by atoms with E-state index in [0.717, 1.165) is 31.4 Å². The summed E-state index contributed by atoms with van der Waals surface area (Å²) in [4.78, 5) is 28.8. The van der Waals surface area contributed by atoms with Gasteiger partial charge >= 0.3 is 6.18 Å². The third-order valence-electron chi connectivity index (χ3n) is 5.01.